The lowest BCUT2D eigenvalue weighted by atomic mass is 10.00. The minimum absolute atomic E-state index is 0.717. The molecule has 0 amide bonds. The van der Waals surface area contributed by atoms with Crippen LogP contribution in [0.25, 0.3) is 22.4 Å². The van der Waals surface area contributed by atoms with Crippen LogP contribution in [0.1, 0.15) is 5.56 Å². The largest absolute Gasteiger partial charge is 0.364 e. The van der Waals surface area contributed by atoms with Crippen LogP contribution in [0.15, 0.2) is 97.1 Å². The summed E-state index contributed by atoms with van der Waals surface area (Å²) in [4.78, 5) is 0. The first-order valence-corrected chi connectivity index (χ1v) is 8.66. The van der Waals surface area contributed by atoms with E-state index >= 15 is 0 Å². The van der Waals surface area contributed by atoms with Gasteiger partial charge in [-0.05, 0) is 17.2 Å². The third kappa shape index (κ3) is 3.62. The van der Waals surface area contributed by atoms with Crippen molar-refractivity contribution in [3.05, 3.63) is 103 Å². The van der Waals surface area contributed by atoms with Crippen LogP contribution in [-0.4, -0.2) is 10.2 Å². The highest BCUT2D eigenvalue weighted by Gasteiger charge is 2.11. The average molecular weight is 337 g/mol. The van der Waals surface area contributed by atoms with E-state index in [-0.39, 0.29) is 0 Å². The lowest BCUT2D eigenvalue weighted by Gasteiger charge is -2.12. The normalized spacial score (nSPS) is 10.5. The summed E-state index contributed by atoms with van der Waals surface area (Å²) in [7, 11) is 0. The molecule has 0 bridgehead atoms. The fourth-order valence-electron chi connectivity index (χ4n) is 2.91. The summed E-state index contributed by atoms with van der Waals surface area (Å²) in [6, 6.07) is 32.9. The molecule has 3 aromatic carbocycles. The molecule has 1 heterocycles. The van der Waals surface area contributed by atoms with Gasteiger partial charge in [-0.1, -0.05) is 91.0 Å². The van der Waals surface area contributed by atoms with Crippen LogP contribution in [0.3, 0.4) is 0 Å². The van der Waals surface area contributed by atoms with Crippen molar-refractivity contribution < 1.29 is 0 Å². The van der Waals surface area contributed by atoms with E-state index in [4.69, 9.17) is 0 Å². The Hall–Kier alpha value is -3.46. The molecular weight excluding hydrogens is 318 g/mol. The number of hydrogen-bond donors (Lipinski definition) is 1. The molecular formula is C23H19N3. The molecule has 0 unspecified atom stereocenters. The Morgan fingerprint density at radius 2 is 1.19 bits per heavy atom. The SMILES string of the molecule is c1ccc(CNc2cc(-c3ccccc3)c(-c3ccccc3)nn2)cc1. The molecule has 1 N–H and O–H groups in total. The molecule has 3 heteroatoms. The Morgan fingerprint density at radius 3 is 1.85 bits per heavy atom. The Balaban J connectivity index is 1.70. The van der Waals surface area contributed by atoms with Crippen LogP contribution in [0.4, 0.5) is 5.82 Å². The van der Waals surface area contributed by atoms with Crippen LogP contribution >= 0.6 is 0 Å². The van der Waals surface area contributed by atoms with Gasteiger partial charge in [0, 0.05) is 17.7 Å². The van der Waals surface area contributed by atoms with Gasteiger partial charge in [-0.25, -0.2) is 0 Å². The second-order valence-electron chi connectivity index (χ2n) is 6.06. The molecule has 26 heavy (non-hydrogen) atoms. The number of aromatic nitrogens is 2. The van der Waals surface area contributed by atoms with Crippen molar-refractivity contribution in [3.63, 3.8) is 0 Å². The second-order valence-corrected chi connectivity index (χ2v) is 6.06. The molecule has 0 radical (unpaired) electrons. The summed E-state index contributed by atoms with van der Waals surface area (Å²) in [5.41, 5.74) is 5.37. The van der Waals surface area contributed by atoms with E-state index < -0.39 is 0 Å². The molecule has 3 nitrogen and oxygen atoms in total. The first kappa shape index (κ1) is 16.0. The number of hydrogen-bond acceptors (Lipinski definition) is 3. The zero-order valence-corrected chi connectivity index (χ0v) is 14.3. The Morgan fingerprint density at radius 1 is 0.615 bits per heavy atom. The topological polar surface area (TPSA) is 37.8 Å². The quantitative estimate of drug-likeness (QED) is 0.528. The molecule has 4 aromatic rings. The van der Waals surface area contributed by atoms with Crippen LogP contribution in [0, 0.1) is 0 Å². The van der Waals surface area contributed by atoms with E-state index in [1.807, 2.05) is 54.6 Å². The van der Waals surface area contributed by atoms with Crippen LogP contribution < -0.4 is 5.32 Å². The van der Waals surface area contributed by atoms with E-state index in [9.17, 15) is 0 Å². The number of nitrogens with zero attached hydrogens (tertiary/aromatic N) is 2. The third-order valence-electron chi connectivity index (χ3n) is 4.24. The molecule has 0 aliphatic rings. The minimum atomic E-state index is 0.717. The fraction of sp³-hybridized carbons (Fsp3) is 0.0435. The first-order valence-electron chi connectivity index (χ1n) is 8.66. The van der Waals surface area contributed by atoms with Crippen molar-refractivity contribution in [2.24, 2.45) is 0 Å². The van der Waals surface area contributed by atoms with Crippen molar-refractivity contribution >= 4 is 5.82 Å². The minimum Gasteiger partial charge on any atom is -0.364 e. The van der Waals surface area contributed by atoms with Gasteiger partial charge in [-0.2, -0.15) is 0 Å². The highest BCUT2D eigenvalue weighted by atomic mass is 15.2. The summed E-state index contributed by atoms with van der Waals surface area (Å²) < 4.78 is 0. The summed E-state index contributed by atoms with van der Waals surface area (Å²) in [6.07, 6.45) is 0. The van der Waals surface area contributed by atoms with E-state index in [0.29, 0.717) is 6.54 Å². The van der Waals surface area contributed by atoms with Crippen molar-refractivity contribution in [2.75, 3.05) is 5.32 Å². The van der Waals surface area contributed by atoms with E-state index in [1.54, 1.807) is 0 Å². The van der Waals surface area contributed by atoms with Crippen molar-refractivity contribution in [1.82, 2.24) is 10.2 Å². The monoisotopic (exact) mass is 337 g/mol. The van der Waals surface area contributed by atoms with Gasteiger partial charge in [0.15, 0.2) is 0 Å². The Kier molecular flexibility index (Phi) is 4.70. The molecule has 0 spiro atoms. The maximum Gasteiger partial charge on any atom is 0.149 e. The van der Waals surface area contributed by atoms with Crippen LogP contribution in [0.5, 0.6) is 0 Å². The number of nitrogens with one attached hydrogen (secondary N) is 1. The Bertz CT molecular complexity index is 968. The van der Waals surface area contributed by atoms with Crippen molar-refractivity contribution in [2.45, 2.75) is 6.54 Å². The highest BCUT2D eigenvalue weighted by molar-refractivity contribution is 5.81. The molecule has 0 aliphatic carbocycles. The molecule has 0 fully saturated rings. The fourth-order valence-corrected chi connectivity index (χ4v) is 2.91. The number of benzene rings is 3. The van der Waals surface area contributed by atoms with Crippen molar-refractivity contribution in [3.8, 4) is 22.4 Å². The Labute approximate surface area is 153 Å². The maximum atomic E-state index is 4.53. The molecule has 1 aromatic heterocycles. The van der Waals surface area contributed by atoms with Crippen LogP contribution in [0.2, 0.25) is 0 Å². The molecule has 0 saturated carbocycles. The zero-order chi connectivity index (χ0) is 17.6. The van der Waals surface area contributed by atoms with Gasteiger partial charge in [-0.15, -0.1) is 10.2 Å². The van der Waals surface area contributed by atoms with Gasteiger partial charge < -0.3 is 5.32 Å². The van der Waals surface area contributed by atoms with E-state index in [2.05, 4.69) is 58.0 Å². The molecule has 0 saturated heterocycles. The van der Waals surface area contributed by atoms with E-state index in [0.717, 1.165) is 28.2 Å². The van der Waals surface area contributed by atoms with Gasteiger partial charge in [0.25, 0.3) is 0 Å². The zero-order valence-electron chi connectivity index (χ0n) is 14.3. The van der Waals surface area contributed by atoms with Gasteiger partial charge in [-0.3, -0.25) is 0 Å². The van der Waals surface area contributed by atoms with E-state index in [1.165, 1.54) is 5.56 Å². The number of rotatable bonds is 5. The maximum absolute atomic E-state index is 4.53. The van der Waals surface area contributed by atoms with Crippen LogP contribution in [-0.2, 0) is 6.54 Å². The lowest BCUT2D eigenvalue weighted by molar-refractivity contribution is 1.01. The molecule has 0 atom stereocenters. The molecule has 0 aliphatic heterocycles. The lowest BCUT2D eigenvalue weighted by Crippen LogP contribution is -2.04. The molecule has 4 rings (SSSR count). The summed E-state index contributed by atoms with van der Waals surface area (Å²) in [5.74, 6) is 0.771. The van der Waals surface area contributed by atoms with Gasteiger partial charge >= 0.3 is 0 Å². The second kappa shape index (κ2) is 7.62. The predicted octanol–water partition coefficient (Wildman–Crippen LogP) is 5.42. The summed E-state index contributed by atoms with van der Waals surface area (Å²) in [5, 5.41) is 12.3. The summed E-state index contributed by atoms with van der Waals surface area (Å²) >= 11 is 0. The van der Waals surface area contributed by atoms with Crippen molar-refractivity contribution in [1.29, 1.82) is 0 Å². The molecule has 126 valence electrons. The first-order chi connectivity index (χ1) is 12.9. The number of anilines is 1. The summed E-state index contributed by atoms with van der Waals surface area (Å²) in [6.45, 7) is 0.717. The predicted molar refractivity (Wildman–Crippen MR) is 107 cm³/mol. The highest BCUT2D eigenvalue weighted by Crippen LogP contribution is 2.31. The standard InChI is InChI=1S/C23H19N3/c1-4-10-18(11-5-1)17-24-22-16-21(19-12-6-2-7-13-19)23(26-25-22)20-14-8-3-9-15-20/h1-16H,17H2,(H,24,25). The average Bonchev–Trinajstić information content (AvgIpc) is 2.74. The third-order valence-corrected chi connectivity index (χ3v) is 4.24. The smallest absolute Gasteiger partial charge is 0.149 e. The van der Waals surface area contributed by atoms with Gasteiger partial charge in [0.1, 0.15) is 11.5 Å². The van der Waals surface area contributed by atoms with Gasteiger partial charge in [0.2, 0.25) is 0 Å². The van der Waals surface area contributed by atoms with Gasteiger partial charge in [0.05, 0.1) is 0 Å².